The van der Waals surface area contributed by atoms with E-state index in [9.17, 15) is 4.79 Å². The molecule has 1 N–H and O–H groups in total. The van der Waals surface area contributed by atoms with Crippen molar-refractivity contribution in [3.05, 3.63) is 49.9 Å². The molecule has 0 saturated heterocycles. The van der Waals surface area contributed by atoms with Gasteiger partial charge in [0.05, 0.1) is 10.7 Å². The van der Waals surface area contributed by atoms with E-state index in [1.807, 2.05) is 6.92 Å². The average Bonchev–Trinajstić information content (AvgIpc) is 2.61. The van der Waals surface area contributed by atoms with Crippen molar-refractivity contribution in [3.8, 4) is 5.75 Å². The summed E-state index contributed by atoms with van der Waals surface area (Å²) in [5.41, 5.74) is 1.47. The van der Waals surface area contributed by atoms with Crippen molar-refractivity contribution in [2.75, 3.05) is 0 Å². The lowest BCUT2D eigenvalue weighted by Gasteiger charge is -2.10. The first-order valence-electron chi connectivity index (χ1n) is 5.30. The van der Waals surface area contributed by atoms with Gasteiger partial charge in [-0.1, -0.05) is 23.2 Å². The van der Waals surface area contributed by atoms with Crippen molar-refractivity contribution in [2.24, 2.45) is 7.05 Å². The Kier molecular flexibility index (Phi) is 3.68. The van der Waals surface area contributed by atoms with E-state index in [-0.39, 0.29) is 12.2 Å². The van der Waals surface area contributed by atoms with Crippen molar-refractivity contribution in [1.29, 1.82) is 0 Å². The van der Waals surface area contributed by atoms with Crippen LogP contribution in [0.5, 0.6) is 5.75 Å². The van der Waals surface area contributed by atoms with Crippen LogP contribution in [0, 0.1) is 6.92 Å². The second-order valence-corrected chi connectivity index (χ2v) is 4.81. The molecule has 0 spiro atoms. The maximum Gasteiger partial charge on any atom is 0.264 e. The van der Waals surface area contributed by atoms with Crippen LogP contribution in [0.4, 0.5) is 0 Å². The van der Waals surface area contributed by atoms with Crippen molar-refractivity contribution in [2.45, 2.75) is 13.5 Å². The molecule has 2 aromatic rings. The van der Waals surface area contributed by atoms with Gasteiger partial charge in [0.25, 0.3) is 5.56 Å². The molecule has 0 aliphatic heterocycles. The summed E-state index contributed by atoms with van der Waals surface area (Å²) in [7, 11) is 1.74. The molecule has 0 amide bonds. The molecule has 96 valence electrons. The Balaban J connectivity index is 2.18. The number of halogens is 2. The zero-order chi connectivity index (χ0) is 13.3. The molecule has 18 heavy (non-hydrogen) atoms. The average molecular weight is 287 g/mol. The molecule has 0 unspecified atom stereocenters. The Morgan fingerprint density at radius 2 is 2.00 bits per heavy atom. The standard InChI is InChI=1S/C12H12Cl2N2O2/c1-7-3-11(10(14)5-9(7)13)18-6-8-4-12(17)15-16(8)2/h3-5H,6H2,1-2H3,(H,15,17). The van der Waals surface area contributed by atoms with Gasteiger partial charge in [-0.05, 0) is 24.6 Å². The predicted octanol–water partition coefficient (Wildman–Crippen LogP) is 2.91. The number of rotatable bonds is 3. The maximum absolute atomic E-state index is 11.1. The van der Waals surface area contributed by atoms with Crippen molar-refractivity contribution >= 4 is 23.2 Å². The molecule has 0 bridgehead atoms. The van der Waals surface area contributed by atoms with Crippen LogP contribution in [-0.4, -0.2) is 9.78 Å². The summed E-state index contributed by atoms with van der Waals surface area (Å²) in [6.45, 7) is 2.13. The fraction of sp³-hybridized carbons (Fsp3) is 0.250. The van der Waals surface area contributed by atoms with E-state index in [0.717, 1.165) is 11.3 Å². The lowest BCUT2D eigenvalue weighted by atomic mass is 10.2. The number of ether oxygens (including phenoxy) is 1. The Labute approximate surface area is 114 Å². The number of aromatic amines is 1. The van der Waals surface area contributed by atoms with Gasteiger partial charge in [-0.15, -0.1) is 0 Å². The largest absolute Gasteiger partial charge is 0.486 e. The smallest absolute Gasteiger partial charge is 0.264 e. The number of aryl methyl sites for hydroxylation is 2. The molecule has 4 nitrogen and oxygen atoms in total. The quantitative estimate of drug-likeness (QED) is 0.943. The second-order valence-electron chi connectivity index (χ2n) is 3.99. The highest BCUT2D eigenvalue weighted by molar-refractivity contribution is 6.35. The van der Waals surface area contributed by atoms with Gasteiger partial charge >= 0.3 is 0 Å². The molecule has 0 atom stereocenters. The van der Waals surface area contributed by atoms with Gasteiger partial charge in [-0.25, -0.2) is 0 Å². The molecular formula is C12H12Cl2N2O2. The topological polar surface area (TPSA) is 47.0 Å². The maximum atomic E-state index is 11.1. The van der Waals surface area contributed by atoms with E-state index in [2.05, 4.69) is 5.10 Å². The molecule has 0 aliphatic carbocycles. The van der Waals surface area contributed by atoms with E-state index in [0.29, 0.717) is 15.8 Å². The van der Waals surface area contributed by atoms with Crippen LogP contribution in [0.25, 0.3) is 0 Å². The van der Waals surface area contributed by atoms with Gasteiger partial charge in [0.1, 0.15) is 12.4 Å². The number of benzene rings is 1. The number of H-pyrrole nitrogens is 1. The van der Waals surface area contributed by atoms with Crippen LogP contribution in [0.1, 0.15) is 11.3 Å². The fourth-order valence-electron chi connectivity index (χ4n) is 1.55. The van der Waals surface area contributed by atoms with Gasteiger partial charge < -0.3 is 4.74 Å². The van der Waals surface area contributed by atoms with Gasteiger partial charge in [-0.2, -0.15) is 0 Å². The second kappa shape index (κ2) is 5.08. The fourth-order valence-corrected chi connectivity index (χ4v) is 1.99. The molecule has 0 aliphatic rings. The normalized spacial score (nSPS) is 10.7. The number of nitrogens with one attached hydrogen (secondary N) is 1. The Bertz CT molecular complexity index is 631. The number of nitrogens with zero attached hydrogens (tertiary/aromatic N) is 1. The Hall–Kier alpha value is -1.39. The minimum atomic E-state index is -0.158. The first kappa shape index (κ1) is 13.1. The summed E-state index contributed by atoms with van der Waals surface area (Å²) >= 11 is 12.0. The minimum Gasteiger partial charge on any atom is -0.486 e. The van der Waals surface area contributed by atoms with Crippen molar-refractivity contribution < 1.29 is 4.74 Å². The van der Waals surface area contributed by atoms with Crippen LogP contribution in [0.3, 0.4) is 0 Å². The van der Waals surface area contributed by atoms with Crippen LogP contribution >= 0.6 is 23.2 Å². The van der Waals surface area contributed by atoms with Crippen LogP contribution in [-0.2, 0) is 13.7 Å². The van der Waals surface area contributed by atoms with E-state index < -0.39 is 0 Å². The van der Waals surface area contributed by atoms with Crippen LogP contribution in [0.15, 0.2) is 23.0 Å². The summed E-state index contributed by atoms with van der Waals surface area (Å²) in [5.74, 6) is 0.548. The molecule has 1 aromatic heterocycles. The number of hydrogen-bond donors (Lipinski definition) is 1. The third-order valence-electron chi connectivity index (χ3n) is 2.60. The first-order valence-corrected chi connectivity index (χ1v) is 6.06. The van der Waals surface area contributed by atoms with Gasteiger partial charge in [0.15, 0.2) is 0 Å². The highest BCUT2D eigenvalue weighted by Gasteiger charge is 2.07. The third kappa shape index (κ3) is 2.71. The highest BCUT2D eigenvalue weighted by Crippen LogP contribution is 2.31. The predicted molar refractivity (Wildman–Crippen MR) is 71.6 cm³/mol. The number of hydrogen-bond acceptors (Lipinski definition) is 2. The molecule has 1 heterocycles. The third-order valence-corrected chi connectivity index (χ3v) is 3.30. The van der Waals surface area contributed by atoms with E-state index in [1.54, 1.807) is 23.9 Å². The van der Waals surface area contributed by atoms with E-state index in [1.165, 1.54) is 6.07 Å². The molecule has 2 rings (SSSR count). The molecule has 6 heteroatoms. The minimum absolute atomic E-state index is 0.158. The molecular weight excluding hydrogens is 275 g/mol. The monoisotopic (exact) mass is 286 g/mol. The van der Waals surface area contributed by atoms with Gasteiger partial charge in [-0.3, -0.25) is 14.6 Å². The van der Waals surface area contributed by atoms with Crippen molar-refractivity contribution in [3.63, 3.8) is 0 Å². The zero-order valence-electron chi connectivity index (χ0n) is 9.96. The lowest BCUT2D eigenvalue weighted by Crippen LogP contribution is -2.04. The molecule has 1 aromatic carbocycles. The molecule has 0 radical (unpaired) electrons. The van der Waals surface area contributed by atoms with Gasteiger partial charge in [0, 0.05) is 18.1 Å². The van der Waals surface area contributed by atoms with Crippen LogP contribution < -0.4 is 10.3 Å². The van der Waals surface area contributed by atoms with Gasteiger partial charge in [0.2, 0.25) is 0 Å². The summed E-state index contributed by atoms with van der Waals surface area (Å²) < 4.78 is 7.19. The molecule has 0 saturated carbocycles. The van der Waals surface area contributed by atoms with Crippen molar-refractivity contribution in [1.82, 2.24) is 9.78 Å². The summed E-state index contributed by atoms with van der Waals surface area (Å²) in [6, 6.07) is 4.90. The lowest BCUT2D eigenvalue weighted by molar-refractivity contribution is 0.295. The van der Waals surface area contributed by atoms with E-state index in [4.69, 9.17) is 27.9 Å². The summed E-state index contributed by atoms with van der Waals surface area (Å²) in [4.78, 5) is 11.1. The molecule has 0 fully saturated rings. The Morgan fingerprint density at radius 3 is 2.61 bits per heavy atom. The zero-order valence-corrected chi connectivity index (χ0v) is 11.5. The summed E-state index contributed by atoms with van der Waals surface area (Å²) in [5, 5.41) is 3.65. The van der Waals surface area contributed by atoms with Crippen LogP contribution in [0.2, 0.25) is 10.0 Å². The summed E-state index contributed by atoms with van der Waals surface area (Å²) in [6.07, 6.45) is 0. The SMILES string of the molecule is Cc1cc(OCc2cc(=O)[nH]n2C)c(Cl)cc1Cl. The number of aromatic nitrogens is 2. The van der Waals surface area contributed by atoms with E-state index >= 15 is 0 Å². The highest BCUT2D eigenvalue weighted by atomic mass is 35.5. The first-order chi connectivity index (χ1) is 8.47. The Morgan fingerprint density at radius 1 is 1.28 bits per heavy atom.